The molecule has 0 N–H and O–H groups in total. The summed E-state index contributed by atoms with van der Waals surface area (Å²) in [5, 5.41) is 0. The average molecular weight is 389 g/mol. The number of nitrogens with zero attached hydrogens (tertiary/aromatic N) is 3. The standard InChI is InChI=1S/C20H24FN3O4/c1-2-14-5-6-23(19(14)25)12-16-13-24(20(26)28-16)15-3-4-18(17(21)11-15)22-7-9-27-10-8-22/h2-4,11,16H,5-10,12-13H2,1H3/t16-/m0/s1. The van der Waals surface area contributed by atoms with Crippen molar-refractivity contribution in [1.29, 1.82) is 0 Å². The van der Waals surface area contributed by atoms with Crippen LogP contribution in [0.1, 0.15) is 13.3 Å². The summed E-state index contributed by atoms with van der Waals surface area (Å²) in [6.07, 6.45) is 1.61. The van der Waals surface area contributed by atoms with Gasteiger partial charge in [-0.05, 0) is 31.5 Å². The molecule has 1 atom stereocenters. The zero-order valence-corrected chi connectivity index (χ0v) is 15.9. The summed E-state index contributed by atoms with van der Waals surface area (Å²) in [6.45, 7) is 5.57. The molecule has 0 aromatic heterocycles. The lowest BCUT2D eigenvalue weighted by Crippen LogP contribution is -2.37. The maximum absolute atomic E-state index is 14.7. The van der Waals surface area contributed by atoms with E-state index in [9.17, 15) is 14.0 Å². The van der Waals surface area contributed by atoms with Crippen LogP contribution in [0.4, 0.5) is 20.6 Å². The van der Waals surface area contributed by atoms with Gasteiger partial charge in [0.2, 0.25) is 5.91 Å². The van der Waals surface area contributed by atoms with Crippen LogP contribution >= 0.6 is 0 Å². The van der Waals surface area contributed by atoms with Crippen molar-refractivity contribution in [2.45, 2.75) is 19.4 Å². The number of benzene rings is 1. The molecular weight excluding hydrogens is 365 g/mol. The molecule has 0 aliphatic carbocycles. The first-order valence-corrected chi connectivity index (χ1v) is 9.61. The Labute approximate surface area is 163 Å². The van der Waals surface area contributed by atoms with E-state index in [0.29, 0.717) is 63.7 Å². The largest absolute Gasteiger partial charge is 0.442 e. The number of hydrogen-bond donors (Lipinski definition) is 0. The number of halogens is 1. The molecular formula is C20H24FN3O4. The number of carbonyl (C=O) groups is 2. The molecule has 3 saturated heterocycles. The van der Waals surface area contributed by atoms with Gasteiger partial charge in [0.25, 0.3) is 0 Å². The second-order valence-corrected chi connectivity index (χ2v) is 7.17. The third kappa shape index (κ3) is 3.56. The summed E-state index contributed by atoms with van der Waals surface area (Å²) < 4.78 is 25.4. The van der Waals surface area contributed by atoms with Gasteiger partial charge in [0.15, 0.2) is 0 Å². The second kappa shape index (κ2) is 7.79. The first kappa shape index (κ1) is 18.7. The fourth-order valence-electron chi connectivity index (χ4n) is 3.91. The number of cyclic esters (lactones) is 1. The molecule has 3 heterocycles. The number of hydrogen-bond acceptors (Lipinski definition) is 5. The first-order valence-electron chi connectivity index (χ1n) is 9.61. The van der Waals surface area contributed by atoms with E-state index in [1.165, 1.54) is 11.0 Å². The number of likely N-dealkylation sites (tertiary alicyclic amines) is 1. The SMILES string of the molecule is CC=C1CCN(C[C@H]2CN(c3ccc(N4CCOCC4)c(F)c3)C(=O)O2)C1=O. The average Bonchev–Trinajstić information content (AvgIpc) is 3.25. The van der Waals surface area contributed by atoms with Crippen LogP contribution in [0.3, 0.4) is 0 Å². The van der Waals surface area contributed by atoms with Crippen molar-refractivity contribution in [1.82, 2.24) is 4.90 Å². The van der Waals surface area contributed by atoms with Crippen LogP contribution < -0.4 is 9.80 Å². The van der Waals surface area contributed by atoms with Crippen LogP contribution in [0.2, 0.25) is 0 Å². The Hall–Kier alpha value is -2.61. The number of morpholine rings is 1. The van der Waals surface area contributed by atoms with E-state index in [0.717, 1.165) is 5.57 Å². The van der Waals surface area contributed by atoms with Crippen molar-refractivity contribution >= 4 is 23.4 Å². The number of rotatable bonds is 4. The summed E-state index contributed by atoms with van der Waals surface area (Å²) in [7, 11) is 0. The third-order valence-corrected chi connectivity index (χ3v) is 5.45. The molecule has 0 spiro atoms. The Morgan fingerprint density at radius 3 is 2.68 bits per heavy atom. The van der Waals surface area contributed by atoms with Gasteiger partial charge in [-0.25, -0.2) is 9.18 Å². The number of carbonyl (C=O) groups excluding carboxylic acids is 2. The molecule has 1 aromatic rings. The highest BCUT2D eigenvalue weighted by Gasteiger charge is 2.36. The van der Waals surface area contributed by atoms with E-state index in [4.69, 9.17) is 9.47 Å². The smallest absolute Gasteiger partial charge is 0.414 e. The quantitative estimate of drug-likeness (QED) is 0.739. The van der Waals surface area contributed by atoms with E-state index in [2.05, 4.69) is 0 Å². The van der Waals surface area contributed by atoms with Crippen molar-refractivity contribution in [3.63, 3.8) is 0 Å². The summed E-state index contributed by atoms with van der Waals surface area (Å²) in [4.78, 5) is 29.6. The van der Waals surface area contributed by atoms with Crippen molar-refractivity contribution in [2.24, 2.45) is 0 Å². The highest BCUT2D eigenvalue weighted by Crippen LogP contribution is 2.29. The van der Waals surface area contributed by atoms with Gasteiger partial charge in [-0.3, -0.25) is 9.69 Å². The number of anilines is 2. The van der Waals surface area contributed by atoms with E-state index in [1.54, 1.807) is 17.0 Å². The van der Waals surface area contributed by atoms with E-state index in [-0.39, 0.29) is 11.7 Å². The molecule has 4 rings (SSSR count). The third-order valence-electron chi connectivity index (χ3n) is 5.45. The summed E-state index contributed by atoms with van der Waals surface area (Å²) in [6, 6.07) is 4.79. The molecule has 28 heavy (non-hydrogen) atoms. The maximum Gasteiger partial charge on any atom is 0.414 e. The van der Waals surface area contributed by atoms with Gasteiger partial charge in [-0.1, -0.05) is 6.08 Å². The van der Waals surface area contributed by atoms with Gasteiger partial charge in [0, 0.05) is 25.2 Å². The predicted molar refractivity (Wildman–Crippen MR) is 102 cm³/mol. The zero-order chi connectivity index (χ0) is 19.7. The molecule has 1 aromatic carbocycles. The van der Waals surface area contributed by atoms with Crippen LogP contribution in [-0.4, -0.2) is 68.9 Å². The molecule has 3 fully saturated rings. The molecule has 0 bridgehead atoms. The Morgan fingerprint density at radius 1 is 1.21 bits per heavy atom. The molecule has 150 valence electrons. The van der Waals surface area contributed by atoms with Gasteiger partial charge in [-0.2, -0.15) is 0 Å². The number of ether oxygens (including phenoxy) is 2. The van der Waals surface area contributed by atoms with Crippen LogP contribution in [0.25, 0.3) is 0 Å². The zero-order valence-electron chi connectivity index (χ0n) is 15.9. The normalized spacial score (nSPS) is 24.4. The molecule has 2 amide bonds. The Kier molecular flexibility index (Phi) is 5.21. The highest BCUT2D eigenvalue weighted by molar-refractivity contribution is 5.95. The predicted octanol–water partition coefficient (Wildman–Crippen LogP) is 2.17. The molecule has 0 saturated carbocycles. The number of allylic oxidation sites excluding steroid dienone is 1. The minimum atomic E-state index is -0.513. The van der Waals surface area contributed by atoms with Gasteiger partial charge < -0.3 is 19.3 Å². The van der Waals surface area contributed by atoms with E-state index >= 15 is 0 Å². The molecule has 0 radical (unpaired) electrons. The Morgan fingerprint density at radius 2 is 2.00 bits per heavy atom. The van der Waals surface area contributed by atoms with Crippen LogP contribution in [0, 0.1) is 5.82 Å². The first-order chi connectivity index (χ1) is 13.6. The highest BCUT2D eigenvalue weighted by atomic mass is 19.1. The van der Waals surface area contributed by atoms with Crippen molar-refractivity contribution in [3.05, 3.63) is 35.7 Å². The minimum absolute atomic E-state index is 0.00194. The van der Waals surface area contributed by atoms with E-state index < -0.39 is 12.2 Å². The summed E-state index contributed by atoms with van der Waals surface area (Å²) in [5.74, 6) is -0.374. The van der Waals surface area contributed by atoms with Crippen molar-refractivity contribution in [3.8, 4) is 0 Å². The molecule has 7 nitrogen and oxygen atoms in total. The molecule has 3 aliphatic heterocycles. The summed E-state index contributed by atoms with van der Waals surface area (Å²) >= 11 is 0. The van der Waals surface area contributed by atoms with Crippen LogP contribution in [0.15, 0.2) is 29.8 Å². The van der Waals surface area contributed by atoms with Crippen LogP contribution in [-0.2, 0) is 14.3 Å². The van der Waals surface area contributed by atoms with Crippen molar-refractivity contribution < 1.29 is 23.5 Å². The lowest BCUT2D eigenvalue weighted by molar-refractivity contribution is -0.125. The number of amides is 2. The fraction of sp³-hybridized carbons (Fsp3) is 0.500. The van der Waals surface area contributed by atoms with Gasteiger partial charge in [-0.15, -0.1) is 0 Å². The monoisotopic (exact) mass is 389 g/mol. The second-order valence-electron chi connectivity index (χ2n) is 7.17. The lowest BCUT2D eigenvalue weighted by Gasteiger charge is -2.29. The van der Waals surface area contributed by atoms with Crippen LogP contribution in [0.5, 0.6) is 0 Å². The fourth-order valence-corrected chi connectivity index (χ4v) is 3.91. The summed E-state index contributed by atoms with van der Waals surface area (Å²) in [5.41, 5.74) is 1.77. The van der Waals surface area contributed by atoms with Gasteiger partial charge in [0.1, 0.15) is 11.9 Å². The van der Waals surface area contributed by atoms with E-state index in [1.807, 2.05) is 17.9 Å². The van der Waals surface area contributed by atoms with Crippen molar-refractivity contribution in [2.75, 3.05) is 55.7 Å². The van der Waals surface area contributed by atoms with Gasteiger partial charge in [0.05, 0.1) is 37.7 Å². The van der Waals surface area contributed by atoms with Gasteiger partial charge >= 0.3 is 6.09 Å². The molecule has 3 aliphatic rings. The Balaban J connectivity index is 1.43. The topological polar surface area (TPSA) is 62.3 Å². The maximum atomic E-state index is 14.7. The lowest BCUT2D eigenvalue weighted by atomic mass is 10.2. The molecule has 8 heteroatoms. The Bertz CT molecular complexity index is 807. The minimum Gasteiger partial charge on any atom is -0.442 e. The molecule has 0 unspecified atom stereocenters.